The molecule has 2 aromatic rings. The first kappa shape index (κ1) is 11.0. The number of hydrogen-bond acceptors (Lipinski definition) is 5. The second kappa shape index (κ2) is 5.54. The maximum Gasteiger partial charge on any atom is 0.107 e. The number of aromatic nitrogens is 2. The van der Waals surface area contributed by atoms with Crippen molar-refractivity contribution >= 4 is 21.6 Å². The van der Waals surface area contributed by atoms with Crippen LogP contribution in [0.2, 0.25) is 0 Å². The third kappa shape index (κ3) is 2.99. The van der Waals surface area contributed by atoms with Crippen molar-refractivity contribution in [2.45, 2.75) is 10.1 Å². The highest BCUT2D eigenvalue weighted by atomic mass is 33.1. The molecule has 0 aromatic carbocycles. The minimum atomic E-state index is 0.576. The fraction of sp³-hybridized carbons (Fsp3) is 0. The van der Waals surface area contributed by atoms with E-state index in [-0.39, 0.29) is 0 Å². The Bertz CT molecular complexity index is 491. The van der Waals surface area contributed by atoms with Crippen molar-refractivity contribution in [1.29, 1.82) is 5.26 Å². The molecule has 2 aromatic heterocycles. The number of pyridine rings is 2. The number of hydrogen-bond donors (Lipinski definition) is 0. The molecule has 0 saturated carbocycles. The summed E-state index contributed by atoms with van der Waals surface area (Å²) < 4.78 is 0. The van der Waals surface area contributed by atoms with Gasteiger partial charge in [-0.2, -0.15) is 5.26 Å². The zero-order valence-corrected chi connectivity index (χ0v) is 9.83. The highest BCUT2D eigenvalue weighted by Crippen LogP contribution is 2.34. The summed E-state index contributed by atoms with van der Waals surface area (Å²) in [4.78, 5) is 8.35. The molecule has 0 aliphatic carbocycles. The zero-order chi connectivity index (χ0) is 11.2. The summed E-state index contributed by atoms with van der Waals surface area (Å²) in [5, 5.41) is 10.4. The van der Waals surface area contributed by atoms with Gasteiger partial charge in [0.2, 0.25) is 0 Å². The van der Waals surface area contributed by atoms with E-state index in [1.165, 1.54) is 10.8 Å². The van der Waals surface area contributed by atoms with Crippen LogP contribution in [0.1, 0.15) is 5.56 Å². The molecule has 0 bridgehead atoms. The van der Waals surface area contributed by atoms with Gasteiger partial charge >= 0.3 is 0 Å². The van der Waals surface area contributed by atoms with Crippen LogP contribution in [-0.2, 0) is 0 Å². The third-order valence-electron chi connectivity index (χ3n) is 1.72. The standard InChI is InChI=1S/C11H7N3S2/c12-7-9-4-5-11(14-8-9)16-15-10-3-1-2-6-13-10/h1-6,8H. The summed E-state index contributed by atoms with van der Waals surface area (Å²) in [6.45, 7) is 0. The summed E-state index contributed by atoms with van der Waals surface area (Å²) in [5.74, 6) is 0. The van der Waals surface area contributed by atoms with E-state index in [1.807, 2.05) is 30.3 Å². The molecule has 0 spiro atoms. The molecule has 0 atom stereocenters. The molecule has 3 nitrogen and oxygen atoms in total. The Morgan fingerprint density at radius 2 is 1.81 bits per heavy atom. The Balaban J connectivity index is 1.98. The van der Waals surface area contributed by atoms with Gasteiger partial charge in [-0.1, -0.05) is 6.07 Å². The van der Waals surface area contributed by atoms with E-state index in [4.69, 9.17) is 5.26 Å². The lowest BCUT2D eigenvalue weighted by molar-refractivity contribution is 1.13. The van der Waals surface area contributed by atoms with Crippen molar-refractivity contribution in [2.24, 2.45) is 0 Å². The van der Waals surface area contributed by atoms with Gasteiger partial charge in [0.1, 0.15) is 16.1 Å². The van der Waals surface area contributed by atoms with Gasteiger partial charge in [0.25, 0.3) is 0 Å². The molecule has 0 amide bonds. The molecule has 0 aliphatic heterocycles. The Morgan fingerprint density at radius 3 is 2.38 bits per heavy atom. The zero-order valence-electron chi connectivity index (χ0n) is 8.20. The Kier molecular flexibility index (Phi) is 3.81. The van der Waals surface area contributed by atoms with E-state index in [9.17, 15) is 0 Å². The molecular weight excluding hydrogens is 238 g/mol. The molecule has 0 unspecified atom stereocenters. The normalized spacial score (nSPS) is 9.69. The van der Waals surface area contributed by atoms with E-state index in [0.29, 0.717) is 5.56 Å². The summed E-state index contributed by atoms with van der Waals surface area (Å²) >= 11 is 0. The van der Waals surface area contributed by atoms with Gasteiger partial charge in [0.15, 0.2) is 0 Å². The lowest BCUT2D eigenvalue weighted by Gasteiger charge is -1.98. The van der Waals surface area contributed by atoms with Gasteiger partial charge in [-0.3, -0.25) is 0 Å². The molecule has 2 heterocycles. The summed E-state index contributed by atoms with van der Waals surface area (Å²) in [6, 6.07) is 11.4. The van der Waals surface area contributed by atoms with E-state index in [0.717, 1.165) is 10.1 Å². The molecular formula is C11H7N3S2. The smallest absolute Gasteiger partial charge is 0.107 e. The Hall–Kier alpha value is -1.51. The van der Waals surface area contributed by atoms with Crippen LogP contribution in [0.25, 0.3) is 0 Å². The number of rotatable bonds is 3. The van der Waals surface area contributed by atoms with Crippen molar-refractivity contribution in [3.8, 4) is 6.07 Å². The molecule has 0 aliphatic rings. The van der Waals surface area contributed by atoms with Gasteiger partial charge < -0.3 is 0 Å². The molecule has 2 rings (SSSR count). The van der Waals surface area contributed by atoms with E-state index < -0.39 is 0 Å². The predicted octanol–water partition coefficient (Wildman–Crippen LogP) is 3.15. The third-order valence-corrected chi connectivity index (χ3v) is 3.90. The minimum absolute atomic E-state index is 0.576. The fourth-order valence-electron chi connectivity index (χ4n) is 0.977. The summed E-state index contributed by atoms with van der Waals surface area (Å²) in [6.07, 6.45) is 3.33. The maximum atomic E-state index is 8.62. The van der Waals surface area contributed by atoms with Gasteiger partial charge in [-0.05, 0) is 45.9 Å². The van der Waals surface area contributed by atoms with Crippen LogP contribution in [0.5, 0.6) is 0 Å². The van der Waals surface area contributed by atoms with Crippen LogP contribution in [0.3, 0.4) is 0 Å². The average Bonchev–Trinajstić information content (AvgIpc) is 2.38. The molecule has 0 fully saturated rings. The van der Waals surface area contributed by atoms with Crippen LogP contribution in [0, 0.1) is 11.3 Å². The Labute approximate surface area is 101 Å². The Morgan fingerprint density at radius 1 is 1.00 bits per heavy atom. The van der Waals surface area contributed by atoms with Crippen LogP contribution in [0.4, 0.5) is 0 Å². The monoisotopic (exact) mass is 245 g/mol. The average molecular weight is 245 g/mol. The molecule has 0 radical (unpaired) electrons. The van der Waals surface area contributed by atoms with Crippen molar-refractivity contribution in [3.05, 3.63) is 48.3 Å². The minimum Gasteiger partial charge on any atom is -0.249 e. The van der Waals surface area contributed by atoms with E-state index >= 15 is 0 Å². The van der Waals surface area contributed by atoms with Gasteiger partial charge in [-0.15, -0.1) is 0 Å². The first-order chi connectivity index (χ1) is 7.88. The SMILES string of the molecule is N#Cc1ccc(SSc2ccccn2)nc1. The van der Waals surface area contributed by atoms with E-state index in [1.54, 1.807) is 29.3 Å². The largest absolute Gasteiger partial charge is 0.249 e. The molecule has 78 valence electrons. The van der Waals surface area contributed by atoms with Gasteiger partial charge in [0.05, 0.1) is 5.56 Å². The first-order valence-corrected chi connectivity index (χ1v) is 6.65. The second-order valence-electron chi connectivity index (χ2n) is 2.83. The van der Waals surface area contributed by atoms with Gasteiger partial charge in [0, 0.05) is 12.4 Å². The quantitative estimate of drug-likeness (QED) is 0.777. The molecule has 5 heteroatoms. The van der Waals surface area contributed by atoms with Crippen molar-refractivity contribution < 1.29 is 0 Å². The first-order valence-electron chi connectivity index (χ1n) is 4.50. The number of nitrogens with zero attached hydrogens (tertiary/aromatic N) is 3. The molecule has 0 N–H and O–H groups in total. The highest BCUT2D eigenvalue weighted by Gasteiger charge is 1.99. The second-order valence-corrected chi connectivity index (χ2v) is 5.00. The maximum absolute atomic E-state index is 8.62. The van der Waals surface area contributed by atoms with Gasteiger partial charge in [-0.25, -0.2) is 9.97 Å². The summed E-state index contributed by atoms with van der Waals surface area (Å²) in [7, 11) is 3.07. The van der Waals surface area contributed by atoms with Crippen LogP contribution >= 0.6 is 21.6 Å². The predicted molar refractivity (Wildman–Crippen MR) is 64.9 cm³/mol. The highest BCUT2D eigenvalue weighted by molar-refractivity contribution is 8.76. The summed E-state index contributed by atoms with van der Waals surface area (Å²) in [5.41, 5.74) is 0.576. The van der Waals surface area contributed by atoms with Crippen LogP contribution in [-0.4, -0.2) is 9.97 Å². The molecule has 0 saturated heterocycles. The van der Waals surface area contributed by atoms with E-state index in [2.05, 4.69) is 9.97 Å². The topological polar surface area (TPSA) is 49.6 Å². The van der Waals surface area contributed by atoms with Crippen molar-refractivity contribution in [2.75, 3.05) is 0 Å². The number of nitriles is 1. The fourth-order valence-corrected chi connectivity index (χ4v) is 2.71. The van der Waals surface area contributed by atoms with Crippen molar-refractivity contribution in [1.82, 2.24) is 9.97 Å². The van der Waals surface area contributed by atoms with Crippen LogP contribution < -0.4 is 0 Å². The van der Waals surface area contributed by atoms with Crippen LogP contribution in [0.15, 0.2) is 52.8 Å². The lowest BCUT2D eigenvalue weighted by Crippen LogP contribution is -1.80. The van der Waals surface area contributed by atoms with Crippen molar-refractivity contribution in [3.63, 3.8) is 0 Å². The lowest BCUT2D eigenvalue weighted by atomic mass is 10.3. The molecule has 16 heavy (non-hydrogen) atoms.